The molecular weight excluding hydrogens is 687 g/mol. The molecule has 0 spiro atoms. The topological polar surface area (TPSA) is 22.8 Å². The molecule has 0 aliphatic carbocycles. The van der Waals surface area contributed by atoms with Crippen molar-refractivity contribution in [3.8, 4) is 33.8 Å². The minimum Gasteiger partial charge on any atom is -0.309 e. The number of benzene rings is 8. The molecular formula is C51H31N3S. The summed E-state index contributed by atoms with van der Waals surface area (Å²) >= 11 is 1.89. The van der Waals surface area contributed by atoms with E-state index in [0.29, 0.717) is 0 Å². The Bertz CT molecular complexity index is 3460. The fraction of sp³-hybridized carbons (Fsp3) is 0. The summed E-state index contributed by atoms with van der Waals surface area (Å²) in [5, 5.41) is 8.82. The average molecular weight is 718 g/mol. The summed E-state index contributed by atoms with van der Waals surface area (Å²) in [5.74, 6) is 0. The fourth-order valence-corrected chi connectivity index (χ4v) is 10.1. The lowest BCUT2D eigenvalue weighted by Gasteiger charge is -2.12. The summed E-state index contributed by atoms with van der Waals surface area (Å²) in [5.41, 5.74) is 12.6. The molecule has 0 fully saturated rings. The maximum Gasteiger partial charge on any atom is 0.0719 e. The van der Waals surface area contributed by atoms with Crippen LogP contribution < -0.4 is 0 Å². The van der Waals surface area contributed by atoms with Crippen molar-refractivity contribution in [3.63, 3.8) is 0 Å². The number of hydrogen-bond donors (Lipinski definition) is 0. The molecule has 0 saturated carbocycles. The smallest absolute Gasteiger partial charge is 0.0719 e. The van der Waals surface area contributed by atoms with Crippen molar-refractivity contribution in [1.29, 1.82) is 0 Å². The van der Waals surface area contributed by atoms with Crippen LogP contribution in [0.1, 0.15) is 0 Å². The van der Waals surface area contributed by atoms with Gasteiger partial charge in [0.25, 0.3) is 0 Å². The van der Waals surface area contributed by atoms with Gasteiger partial charge < -0.3 is 9.13 Å². The molecule has 0 radical (unpaired) electrons. The standard InChI is InChI=1S/C51H31N3S/c1-3-13-32(14-4-1)41-30-45(52-44-20-10-7-17-36(41)44)33-23-25-35(26-24-33)53-46-21-11-8-18-37(46)42-29-43-39-27-28-40-38-19-9-12-22-49(38)55-51(40)50(39)54(48(43)31-47(42)53)34-15-5-2-6-16-34/h1-31H. The van der Waals surface area contributed by atoms with Gasteiger partial charge in [-0.1, -0.05) is 127 Å². The lowest BCUT2D eigenvalue weighted by atomic mass is 9.98. The normalized spacial score (nSPS) is 12.0. The second-order valence-electron chi connectivity index (χ2n) is 14.3. The zero-order valence-electron chi connectivity index (χ0n) is 29.6. The molecule has 12 rings (SSSR count). The number of aromatic nitrogens is 3. The largest absolute Gasteiger partial charge is 0.309 e. The third kappa shape index (κ3) is 4.52. The summed E-state index contributed by atoms with van der Waals surface area (Å²) in [6.45, 7) is 0. The second-order valence-corrected chi connectivity index (χ2v) is 15.4. The SMILES string of the molecule is c1ccc(-c2cc(-c3ccc(-n4c5ccccc5c5cc6c7ccc8c9ccccc9sc8c7n(-c7ccccc7)c6cc54)cc3)nc3ccccc23)cc1. The van der Waals surface area contributed by atoms with Crippen LogP contribution in [0.4, 0.5) is 0 Å². The van der Waals surface area contributed by atoms with Crippen LogP contribution in [0, 0.1) is 0 Å². The minimum atomic E-state index is 0.966. The van der Waals surface area contributed by atoms with Crippen LogP contribution >= 0.6 is 11.3 Å². The van der Waals surface area contributed by atoms with Crippen molar-refractivity contribution >= 4 is 86.0 Å². The van der Waals surface area contributed by atoms with Crippen molar-refractivity contribution in [1.82, 2.24) is 14.1 Å². The predicted molar refractivity (Wildman–Crippen MR) is 234 cm³/mol. The molecule has 0 bridgehead atoms. The van der Waals surface area contributed by atoms with Crippen LogP contribution in [0.2, 0.25) is 0 Å². The van der Waals surface area contributed by atoms with E-state index < -0.39 is 0 Å². The Hall–Kier alpha value is -7.01. The molecule has 4 heteroatoms. The van der Waals surface area contributed by atoms with Crippen molar-refractivity contribution < 1.29 is 0 Å². The molecule has 0 atom stereocenters. The van der Waals surface area contributed by atoms with E-state index in [1.54, 1.807) is 0 Å². The summed E-state index contributed by atoms with van der Waals surface area (Å²) < 4.78 is 7.56. The molecule has 8 aromatic carbocycles. The van der Waals surface area contributed by atoms with Gasteiger partial charge in [-0.2, -0.15) is 0 Å². The van der Waals surface area contributed by atoms with Crippen molar-refractivity contribution in [3.05, 3.63) is 188 Å². The highest BCUT2D eigenvalue weighted by Crippen LogP contribution is 2.45. The molecule has 256 valence electrons. The monoisotopic (exact) mass is 717 g/mol. The molecule has 0 amide bonds. The summed E-state index contributed by atoms with van der Waals surface area (Å²) in [6.07, 6.45) is 0. The fourth-order valence-electron chi connectivity index (χ4n) is 8.82. The highest BCUT2D eigenvalue weighted by molar-refractivity contribution is 7.26. The second kappa shape index (κ2) is 11.7. The molecule has 3 nitrogen and oxygen atoms in total. The number of rotatable bonds is 4. The van der Waals surface area contributed by atoms with Gasteiger partial charge in [0.15, 0.2) is 0 Å². The van der Waals surface area contributed by atoms with Gasteiger partial charge in [-0.25, -0.2) is 4.98 Å². The minimum absolute atomic E-state index is 0.966. The summed E-state index contributed by atoms with van der Waals surface area (Å²) in [6, 6.07) is 68.2. The van der Waals surface area contributed by atoms with E-state index in [9.17, 15) is 0 Å². The predicted octanol–water partition coefficient (Wildman–Crippen LogP) is 14.1. The zero-order valence-corrected chi connectivity index (χ0v) is 30.5. The van der Waals surface area contributed by atoms with Crippen molar-refractivity contribution in [2.75, 3.05) is 0 Å². The molecule has 0 saturated heterocycles. The maximum atomic E-state index is 5.14. The number of pyridine rings is 1. The number of para-hydroxylation sites is 3. The van der Waals surface area contributed by atoms with Gasteiger partial charge in [0, 0.05) is 59.3 Å². The lowest BCUT2D eigenvalue weighted by molar-refractivity contribution is 1.17. The molecule has 12 aromatic rings. The van der Waals surface area contributed by atoms with Crippen LogP contribution in [0.25, 0.3) is 108 Å². The highest BCUT2D eigenvalue weighted by Gasteiger charge is 2.21. The number of thiophene rings is 1. The van der Waals surface area contributed by atoms with E-state index in [1.807, 2.05) is 11.3 Å². The van der Waals surface area contributed by atoms with Gasteiger partial charge in [0.1, 0.15) is 0 Å². The Morgan fingerprint density at radius 2 is 1.02 bits per heavy atom. The Kier molecular flexibility index (Phi) is 6.50. The first-order chi connectivity index (χ1) is 27.3. The third-order valence-corrected chi connectivity index (χ3v) is 12.5. The molecule has 0 unspecified atom stereocenters. The Morgan fingerprint density at radius 1 is 0.382 bits per heavy atom. The zero-order chi connectivity index (χ0) is 36.0. The van der Waals surface area contributed by atoms with E-state index in [-0.39, 0.29) is 0 Å². The first-order valence-electron chi connectivity index (χ1n) is 18.7. The van der Waals surface area contributed by atoms with Crippen LogP contribution in [-0.4, -0.2) is 14.1 Å². The Balaban J connectivity index is 1.10. The number of nitrogens with zero attached hydrogens (tertiary/aromatic N) is 3. The van der Waals surface area contributed by atoms with E-state index in [4.69, 9.17) is 4.98 Å². The molecule has 0 N–H and O–H groups in total. The van der Waals surface area contributed by atoms with Gasteiger partial charge in [0.2, 0.25) is 0 Å². The molecule has 0 aliphatic heterocycles. The van der Waals surface area contributed by atoms with E-state index in [1.165, 1.54) is 74.9 Å². The van der Waals surface area contributed by atoms with Crippen LogP contribution in [-0.2, 0) is 0 Å². The first-order valence-corrected chi connectivity index (χ1v) is 19.5. The first kappa shape index (κ1) is 30.5. The third-order valence-electron chi connectivity index (χ3n) is 11.3. The van der Waals surface area contributed by atoms with Crippen molar-refractivity contribution in [2.24, 2.45) is 0 Å². The maximum absolute atomic E-state index is 5.14. The highest BCUT2D eigenvalue weighted by atomic mass is 32.1. The summed E-state index contributed by atoms with van der Waals surface area (Å²) in [4.78, 5) is 5.14. The lowest BCUT2D eigenvalue weighted by Crippen LogP contribution is -1.96. The van der Waals surface area contributed by atoms with E-state index >= 15 is 0 Å². The molecule has 0 aliphatic rings. The van der Waals surface area contributed by atoms with Crippen LogP contribution in [0.5, 0.6) is 0 Å². The van der Waals surface area contributed by atoms with Gasteiger partial charge in [-0.05, 0) is 71.8 Å². The Labute approximate surface area is 320 Å². The number of hydrogen-bond acceptors (Lipinski definition) is 2. The summed E-state index contributed by atoms with van der Waals surface area (Å²) in [7, 11) is 0. The molecule has 4 heterocycles. The van der Waals surface area contributed by atoms with Crippen molar-refractivity contribution in [2.45, 2.75) is 0 Å². The van der Waals surface area contributed by atoms with Crippen LogP contribution in [0.3, 0.4) is 0 Å². The quantitative estimate of drug-likeness (QED) is 0.178. The van der Waals surface area contributed by atoms with Gasteiger partial charge in [-0.15, -0.1) is 11.3 Å². The van der Waals surface area contributed by atoms with Gasteiger partial charge >= 0.3 is 0 Å². The van der Waals surface area contributed by atoms with E-state index in [0.717, 1.165) is 33.5 Å². The van der Waals surface area contributed by atoms with E-state index in [2.05, 4.69) is 197 Å². The molecule has 4 aromatic heterocycles. The van der Waals surface area contributed by atoms with Crippen LogP contribution in [0.15, 0.2) is 188 Å². The van der Waals surface area contributed by atoms with Gasteiger partial charge in [0.05, 0.1) is 38.0 Å². The molecule has 55 heavy (non-hydrogen) atoms. The average Bonchev–Trinajstić information content (AvgIpc) is 3.90. The number of fused-ring (bicyclic) bond motifs is 11. The van der Waals surface area contributed by atoms with Gasteiger partial charge in [-0.3, -0.25) is 0 Å². The Morgan fingerprint density at radius 3 is 1.85 bits per heavy atom.